The van der Waals surface area contributed by atoms with Crippen molar-refractivity contribution in [3.05, 3.63) is 0 Å². The normalized spacial score (nSPS) is 23.3. The lowest BCUT2D eigenvalue weighted by atomic mass is 9.78. The lowest BCUT2D eigenvalue weighted by Crippen LogP contribution is -2.46. The van der Waals surface area contributed by atoms with Crippen molar-refractivity contribution in [3.63, 3.8) is 0 Å². The number of nitrogens with one attached hydrogen (secondary N) is 1. The molecule has 0 saturated carbocycles. The maximum atomic E-state index is 12.2. The van der Waals surface area contributed by atoms with Crippen molar-refractivity contribution in [2.45, 2.75) is 32.6 Å². The molecule has 0 aromatic carbocycles. The second-order valence-electron chi connectivity index (χ2n) is 5.01. The predicted molar refractivity (Wildman–Crippen MR) is 73.1 cm³/mol. The standard InChI is InChI=1S/C14H27NO4/c1-3-14(6-4-7-15-12-14)13(16)19-9-5-8-18-11-10-17-2/h15H,3-12H2,1-2H3. The number of hydrogen-bond acceptors (Lipinski definition) is 5. The van der Waals surface area contributed by atoms with Gasteiger partial charge < -0.3 is 19.5 Å². The topological polar surface area (TPSA) is 56.8 Å². The molecule has 19 heavy (non-hydrogen) atoms. The van der Waals surface area contributed by atoms with Crippen molar-refractivity contribution in [2.24, 2.45) is 5.41 Å². The summed E-state index contributed by atoms with van der Waals surface area (Å²) in [6, 6.07) is 0. The highest BCUT2D eigenvalue weighted by atomic mass is 16.5. The predicted octanol–water partition coefficient (Wildman–Crippen LogP) is 1.36. The summed E-state index contributed by atoms with van der Waals surface area (Å²) >= 11 is 0. The Morgan fingerprint density at radius 3 is 2.74 bits per heavy atom. The maximum Gasteiger partial charge on any atom is 0.313 e. The van der Waals surface area contributed by atoms with Crippen LogP contribution in [0.1, 0.15) is 32.6 Å². The molecule has 0 aliphatic carbocycles. The minimum absolute atomic E-state index is 0.0564. The van der Waals surface area contributed by atoms with E-state index >= 15 is 0 Å². The van der Waals surface area contributed by atoms with Gasteiger partial charge in [-0.1, -0.05) is 6.92 Å². The molecule has 1 aliphatic rings. The molecule has 1 aliphatic heterocycles. The summed E-state index contributed by atoms with van der Waals surface area (Å²) in [6.07, 6.45) is 3.55. The van der Waals surface area contributed by atoms with E-state index in [1.807, 2.05) is 0 Å². The largest absolute Gasteiger partial charge is 0.465 e. The molecule has 0 amide bonds. The van der Waals surface area contributed by atoms with E-state index in [9.17, 15) is 4.79 Å². The molecule has 1 saturated heterocycles. The lowest BCUT2D eigenvalue weighted by molar-refractivity contribution is -0.157. The van der Waals surface area contributed by atoms with Crippen LogP contribution in [0.15, 0.2) is 0 Å². The van der Waals surface area contributed by atoms with Gasteiger partial charge in [0.15, 0.2) is 0 Å². The van der Waals surface area contributed by atoms with Gasteiger partial charge >= 0.3 is 5.97 Å². The van der Waals surface area contributed by atoms with E-state index in [1.165, 1.54) is 0 Å². The Bertz CT molecular complexity index is 252. The Labute approximate surface area is 116 Å². The number of carbonyl (C=O) groups excluding carboxylic acids is 1. The average Bonchev–Trinajstić information content (AvgIpc) is 2.46. The smallest absolute Gasteiger partial charge is 0.313 e. The third-order valence-electron chi connectivity index (χ3n) is 3.68. The third kappa shape index (κ3) is 5.47. The molecule has 0 radical (unpaired) electrons. The van der Waals surface area contributed by atoms with Crippen LogP contribution >= 0.6 is 0 Å². The van der Waals surface area contributed by atoms with E-state index in [-0.39, 0.29) is 11.4 Å². The van der Waals surface area contributed by atoms with Crippen molar-refractivity contribution in [3.8, 4) is 0 Å². The summed E-state index contributed by atoms with van der Waals surface area (Å²) < 4.78 is 15.6. The van der Waals surface area contributed by atoms with E-state index in [4.69, 9.17) is 14.2 Å². The van der Waals surface area contributed by atoms with Gasteiger partial charge in [-0.05, 0) is 25.8 Å². The number of carbonyl (C=O) groups is 1. The molecule has 5 nitrogen and oxygen atoms in total. The first-order chi connectivity index (χ1) is 9.25. The second kappa shape index (κ2) is 9.28. The Balaban J connectivity index is 2.15. The number of ether oxygens (including phenoxy) is 3. The summed E-state index contributed by atoms with van der Waals surface area (Å²) in [6.45, 7) is 6.04. The highest BCUT2D eigenvalue weighted by Gasteiger charge is 2.39. The van der Waals surface area contributed by atoms with Crippen LogP contribution in [0.4, 0.5) is 0 Å². The molecule has 1 unspecified atom stereocenters. The molecule has 1 fully saturated rings. The van der Waals surface area contributed by atoms with E-state index in [2.05, 4.69) is 12.2 Å². The van der Waals surface area contributed by atoms with Crippen molar-refractivity contribution in [2.75, 3.05) is 46.6 Å². The summed E-state index contributed by atoms with van der Waals surface area (Å²) in [5, 5.41) is 3.29. The summed E-state index contributed by atoms with van der Waals surface area (Å²) in [5.41, 5.74) is -0.310. The lowest BCUT2D eigenvalue weighted by Gasteiger charge is -2.34. The first kappa shape index (κ1) is 16.4. The van der Waals surface area contributed by atoms with Crippen molar-refractivity contribution < 1.29 is 19.0 Å². The molecule has 0 aromatic rings. The highest BCUT2D eigenvalue weighted by molar-refractivity contribution is 5.77. The van der Waals surface area contributed by atoms with Crippen LogP contribution in [0.2, 0.25) is 0 Å². The first-order valence-electron chi connectivity index (χ1n) is 7.20. The van der Waals surface area contributed by atoms with E-state index in [0.29, 0.717) is 26.4 Å². The highest BCUT2D eigenvalue weighted by Crippen LogP contribution is 2.31. The third-order valence-corrected chi connectivity index (χ3v) is 3.68. The quantitative estimate of drug-likeness (QED) is 0.508. The molecule has 112 valence electrons. The zero-order valence-corrected chi connectivity index (χ0v) is 12.2. The SMILES string of the molecule is CCC1(C(=O)OCCCOCCOC)CCCNC1. The van der Waals surface area contributed by atoms with Crippen molar-refractivity contribution in [1.29, 1.82) is 0 Å². The molecule has 1 N–H and O–H groups in total. The Morgan fingerprint density at radius 1 is 1.26 bits per heavy atom. The van der Waals surface area contributed by atoms with E-state index in [1.54, 1.807) is 7.11 Å². The number of rotatable bonds is 9. The molecule has 0 aromatic heterocycles. The second-order valence-corrected chi connectivity index (χ2v) is 5.01. The van der Waals surface area contributed by atoms with Crippen LogP contribution in [-0.2, 0) is 19.0 Å². The van der Waals surface area contributed by atoms with Gasteiger partial charge in [-0.25, -0.2) is 0 Å². The Hall–Kier alpha value is -0.650. The molecule has 1 atom stereocenters. The van der Waals surface area contributed by atoms with Gasteiger partial charge in [-0.3, -0.25) is 4.79 Å². The van der Waals surface area contributed by atoms with Crippen LogP contribution in [0.3, 0.4) is 0 Å². The first-order valence-corrected chi connectivity index (χ1v) is 7.20. The van der Waals surface area contributed by atoms with Gasteiger partial charge in [-0.2, -0.15) is 0 Å². The summed E-state index contributed by atoms with van der Waals surface area (Å²) in [5.74, 6) is -0.0564. The van der Waals surface area contributed by atoms with Crippen LogP contribution in [-0.4, -0.2) is 52.6 Å². The van der Waals surface area contributed by atoms with Crippen molar-refractivity contribution >= 4 is 5.97 Å². The van der Waals surface area contributed by atoms with Gasteiger partial charge in [0.25, 0.3) is 0 Å². The van der Waals surface area contributed by atoms with Crippen LogP contribution in [0.25, 0.3) is 0 Å². The van der Waals surface area contributed by atoms with Gasteiger partial charge in [-0.15, -0.1) is 0 Å². The number of piperidine rings is 1. The number of hydrogen-bond donors (Lipinski definition) is 1. The zero-order chi connectivity index (χ0) is 14.0. The van der Waals surface area contributed by atoms with Gasteiger partial charge in [0.2, 0.25) is 0 Å². The molecule has 5 heteroatoms. The van der Waals surface area contributed by atoms with Crippen molar-refractivity contribution in [1.82, 2.24) is 5.32 Å². The fourth-order valence-electron chi connectivity index (χ4n) is 2.31. The zero-order valence-electron chi connectivity index (χ0n) is 12.2. The fourth-order valence-corrected chi connectivity index (χ4v) is 2.31. The van der Waals surface area contributed by atoms with Crippen LogP contribution in [0.5, 0.6) is 0 Å². The number of esters is 1. The van der Waals surface area contributed by atoms with E-state index < -0.39 is 0 Å². The minimum atomic E-state index is -0.310. The Morgan fingerprint density at radius 2 is 2.11 bits per heavy atom. The van der Waals surface area contributed by atoms with Crippen LogP contribution in [0, 0.1) is 5.41 Å². The monoisotopic (exact) mass is 273 g/mol. The maximum absolute atomic E-state index is 12.2. The summed E-state index contributed by atoms with van der Waals surface area (Å²) in [4.78, 5) is 12.2. The van der Waals surface area contributed by atoms with Gasteiger partial charge in [0.1, 0.15) is 0 Å². The Kier molecular flexibility index (Phi) is 8.02. The molecule has 1 rings (SSSR count). The van der Waals surface area contributed by atoms with Gasteiger partial charge in [0.05, 0.1) is 25.2 Å². The minimum Gasteiger partial charge on any atom is -0.465 e. The molecule has 0 spiro atoms. The van der Waals surface area contributed by atoms with Gasteiger partial charge in [0, 0.05) is 26.7 Å². The van der Waals surface area contributed by atoms with Crippen LogP contribution < -0.4 is 5.32 Å². The summed E-state index contributed by atoms with van der Waals surface area (Å²) in [7, 11) is 1.65. The molecule has 0 bridgehead atoms. The fraction of sp³-hybridized carbons (Fsp3) is 0.929. The average molecular weight is 273 g/mol. The van der Waals surface area contributed by atoms with E-state index in [0.717, 1.165) is 38.8 Å². The molecular weight excluding hydrogens is 246 g/mol. The molecule has 1 heterocycles. The number of methoxy groups -OCH3 is 1. The molecular formula is C14H27NO4.